The van der Waals surface area contributed by atoms with Gasteiger partial charge in [0.05, 0.1) is 19.8 Å². The summed E-state index contributed by atoms with van der Waals surface area (Å²) < 4.78 is 22.8. The van der Waals surface area contributed by atoms with Crippen LogP contribution in [-0.4, -0.2) is 89.6 Å². The van der Waals surface area contributed by atoms with Crippen molar-refractivity contribution in [2.75, 3.05) is 26.4 Å². The molecule has 0 aliphatic carbocycles. The smallest absolute Gasteiger partial charge is 0.306 e. The Morgan fingerprint density at radius 1 is 0.569 bits per heavy atom. The fourth-order valence-corrected chi connectivity index (χ4v) is 7.07. The number of rotatable bonds is 40. The van der Waals surface area contributed by atoms with Gasteiger partial charge >= 0.3 is 5.97 Å². The second-order valence-electron chi connectivity index (χ2n) is 16.2. The SMILES string of the molecule is CC/C=C\C/C=C\C/C=C\C/C=C\CCCCCCCCCCCOCC(COC1OC(CO)C(O)C(O)C1O)OC(=O)CCCCCCCCCCCCCCC. The van der Waals surface area contributed by atoms with E-state index < -0.39 is 43.4 Å². The van der Waals surface area contributed by atoms with Crippen LogP contribution in [0.15, 0.2) is 48.6 Å². The number of carbonyl (C=O) groups is 1. The Morgan fingerprint density at radius 2 is 1.05 bits per heavy atom. The summed E-state index contributed by atoms with van der Waals surface area (Å²) in [5, 5.41) is 40.1. The highest BCUT2D eigenvalue weighted by Crippen LogP contribution is 2.23. The number of hydrogen-bond donors (Lipinski definition) is 4. The molecule has 0 bridgehead atoms. The Labute approximate surface area is 354 Å². The minimum Gasteiger partial charge on any atom is -0.457 e. The number of carbonyl (C=O) groups excluding carboxylic acids is 1. The number of ether oxygens (including phenoxy) is 4. The van der Waals surface area contributed by atoms with E-state index >= 15 is 0 Å². The molecule has 4 N–H and O–H groups in total. The van der Waals surface area contributed by atoms with Gasteiger partial charge in [0.1, 0.15) is 30.5 Å². The van der Waals surface area contributed by atoms with Gasteiger partial charge in [0.15, 0.2) is 6.29 Å². The molecule has 0 saturated carbocycles. The molecular weight excluding hydrogens is 733 g/mol. The monoisotopic (exact) mass is 821 g/mol. The Balaban J connectivity index is 2.22. The molecule has 6 unspecified atom stereocenters. The summed E-state index contributed by atoms with van der Waals surface area (Å²) >= 11 is 0. The van der Waals surface area contributed by atoms with Gasteiger partial charge < -0.3 is 39.4 Å². The third-order valence-electron chi connectivity index (χ3n) is 10.8. The summed E-state index contributed by atoms with van der Waals surface area (Å²) in [5.74, 6) is -0.316. The van der Waals surface area contributed by atoms with Crippen LogP contribution in [0.5, 0.6) is 0 Å². The zero-order valence-electron chi connectivity index (χ0n) is 37.0. The standard InChI is InChI=1S/C49H88O9/c1-3-5-7-9-11-13-15-17-18-19-20-21-22-23-24-25-27-29-31-33-35-37-39-55-41-43(42-56-49-48(54)47(53)46(52)44(40-50)58-49)57-45(51)38-36-34-32-30-28-26-16-14-12-10-8-6-4-2/h5,7,11,13,17-18,20-21,43-44,46-50,52-54H,3-4,6,8-10,12,14-16,19,22-42H2,1-2H3/b7-5-,13-11-,18-17-,21-20-. The number of allylic oxidation sites excluding steroid dienone is 8. The first-order chi connectivity index (χ1) is 28.4. The van der Waals surface area contributed by atoms with E-state index in [1.165, 1.54) is 109 Å². The van der Waals surface area contributed by atoms with Crippen LogP contribution in [0.3, 0.4) is 0 Å². The lowest BCUT2D eigenvalue weighted by Crippen LogP contribution is -2.59. The maximum atomic E-state index is 12.8. The fraction of sp³-hybridized carbons (Fsp3) is 0.816. The van der Waals surface area contributed by atoms with Gasteiger partial charge in [-0.2, -0.15) is 0 Å². The molecule has 0 amide bonds. The van der Waals surface area contributed by atoms with Crippen molar-refractivity contribution in [1.82, 2.24) is 0 Å². The zero-order valence-corrected chi connectivity index (χ0v) is 37.0. The van der Waals surface area contributed by atoms with Gasteiger partial charge in [0.25, 0.3) is 0 Å². The largest absolute Gasteiger partial charge is 0.457 e. The van der Waals surface area contributed by atoms with Gasteiger partial charge in [0, 0.05) is 13.0 Å². The highest BCUT2D eigenvalue weighted by Gasteiger charge is 2.44. The van der Waals surface area contributed by atoms with Crippen molar-refractivity contribution < 1.29 is 44.2 Å². The normalized spacial score (nSPS) is 20.7. The molecule has 1 aliphatic heterocycles. The fourth-order valence-electron chi connectivity index (χ4n) is 7.07. The second kappa shape index (κ2) is 40.6. The summed E-state index contributed by atoms with van der Waals surface area (Å²) in [6, 6.07) is 0. The van der Waals surface area contributed by atoms with Crippen LogP contribution < -0.4 is 0 Å². The number of esters is 1. The summed E-state index contributed by atoms with van der Waals surface area (Å²) in [5.41, 5.74) is 0. The van der Waals surface area contributed by atoms with Crippen molar-refractivity contribution in [2.24, 2.45) is 0 Å². The van der Waals surface area contributed by atoms with E-state index in [0.717, 1.165) is 64.2 Å². The molecule has 0 aromatic carbocycles. The van der Waals surface area contributed by atoms with Gasteiger partial charge in [0.2, 0.25) is 0 Å². The Bertz CT molecular complexity index is 1030. The van der Waals surface area contributed by atoms with E-state index in [-0.39, 0.29) is 19.2 Å². The average Bonchev–Trinajstić information content (AvgIpc) is 3.22. The molecule has 1 fully saturated rings. The predicted octanol–water partition coefficient (Wildman–Crippen LogP) is 10.9. The highest BCUT2D eigenvalue weighted by atomic mass is 16.7. The zero-order chi connectivity index (χ0) is 42.2. The topological polar surface area (TPSA) is 135 Å². The van der Waals surface area contributed by atoms with E-state index in [4.69, 9.17) is 18.9 Å². The average molecular weight is 821 g/mol. The molecule has 0 spiro atoms. The predicted molar refractivity (Wildman–Crippen MR) is 238 cm³/mol. The van der Waals surface area contributed by atoms with E-state index in [1.807, 2.05) is 0 Å². The Kier molecular flexibility index (Phi) is 37.9. The van der Waals surface area contributed by atoms with Crippen molar-refractivity contribution in [2.45, 2.75) is 230 Å². The minimum absolute atomic E-state index is 0.115. The van der Waals surface area contributed by atoms with Gasteiger partial charge in [-0.25, -0.2) is 0 Å². The van der Waals surface area contributed by atoms with Crippen LogP contribution in [0.25, 0.3) is 0 Å². The van der Waals surface area contributed by atoms with E-state index in [1.54, 1.807) is 0 Å². The minimum atomic E-state index is -1.54. The molecule has 9 nitrogen and oxygen atoms in total. The molecule has 0 aromatic heterocycles. The number of hydrogen-bond acceptors (Lipinski definition) is 9. The van der Waals surface area contributed by atoms with Crippen LogP contribution in [0, 0.1) is 0 Å². The van der Waals surface area contributed by atoms with Crippen molar-refractivity contribution >= 4 is 5.97 Å². The number of aliphatic hydroxyl groups excluding tert-OH is 4. The first-order valence-electron chi connectivity index (χ1n) is 23.7. The number of aliphatic hydroxyl groups is 4. The summed E-state index contributed by atoms with van der Waals surface area (Å²) in [6.45, 7) is 4.44. The van der Waals surface area contributed by atoms with Crippen LogP contribution in [0.1, 0.15) is 194 Å². The molecule has 1 saturated heterocycles. The van der Waals surface area contributed by atoms with Crippen LogP contribution >= 0.6 is 0 Å². The molecule has 0 radical (unpaired) electrons. The van der Waals surface area contributed by atoms with Crippen LogP contribution in [-0.2, 0) is 23.7 Å². The van der Waals surface area contributed by atoms with Crippen LogP contribution in [0.2, 0.25) is 0 Å². The van der Waals surface area contributed by atoms with E-state index in [2.05, 4.69) is 62.5 Å². The second-order valence-corrected chi connectivity index (χ2v) is 16.2. The van der Waals surface area contributed by atoms with Crippen molar-refractivity contribution in [1.29, 1.82) is 0 Å². The molecule has 9 heteroatoms. The summed E-state index contributed by atoms with van der Waals surface area (Å²) in [4.78, 5) is 12.8. The first-order valence-corrected chi connectivity index (χ1v) is 23.7. The maximum absolute atomic E-state index is 12.8. The maximum Gasteiger partial charge on any atom is 0.306 e. The Hall–Kier alpha value is -1.85. The molecule has 6 atom stereocenters. The number of unbranched alkanes of at least 4 members (excludes halogenated alkanes) is 21. The van der Waals surface area contributed by atoms with Crippen molar-refractivity contribution in [3.8, 4) is 0 Å². The van der Waals surface area contributed by atoms with E-state index in [0.29, 0.717) is 13.0 Å². The summed E-state index contributed by atoms with van der Waals surface area (Å²) in [7, 11) is 0. The highest BCUT2D eigenvalue weighted by molar-refractivity contribution is 5.69. The lowest BCUT2D eigenvalue weighted by Gasteiger charge is -2.39. The van der Waals surface area contributed by atoms with Gasteiger partial charge in [-0.05, 0) is 51.4 Å². The van der Waals surface area contributed by atoms with Gasteiger partial charge in [-0.15, -0.1) is 0 Å². The summed E-state index contributed by atoms with van der Waals surface area (Å²) in [6.07, 6.45) is 42.8. The van der Waals surface area contributed by atoms with E-state index in [9.17, 15) is 25.2 Å². The van der Waals surface area contributed by atoms with Gasteiger partial charge in [-0.1, -0.05) is 184 Å². The lowest BCUT2D eigenvalue weighted by molar-refractivity contribution is -0.305. The van der Waals surface area contributed by atoms with Crippen LogP contribution in [0.4, 0.5) is 0 Å². The molecule has 338 valence electrons. The third kappa shape index (κ3) is 31.1. The van der Waals surface area contributed by atoms with Crippen molar-refractivity contribution in [3.05, 3.63) is 48.6 Å². The molecule has 58 heavy (non-hydrogen) atoms. The quantitative estimate of drug-likeness (QED) is 0.0271. The molecule has 1 heterocycles. The van der Waals surface area contributed by atoms with Crippen molar-refractivity contribution in [3.63, 3.8) is 0 Å². The lowest BCUT2D eigenvalue weighted by atomic mass is 9.99. The first kappa shape index (κ1) is 54.2. The van der Waals surface area contributed by atoms with Gasteiger partial charge in [-0.3, -0.25) is 4.79 Å². The molecule has 1 aliphatic rings. The Morgan fingerprint density at radius 3 is 1.59 bits per heavy atom. The molecule has 1 rings (SSSR count). The molecule has 0 aromatic rings. The molecular formula is C49H88O9. The third-order valence-corrected chi connectivity index (χ3v) is 10.8.